The van der Waals surface area contributed by atoms with Crippen LogP contribution in [0.5, 0.6) is 0 Å². The van der Waals surface area contributed by atoms with Gasteiger partial charge in [-0.15, -0.1) is 0 Å². The van der Waals surface area contributed by atoms with E-state index in [2.05, 4.69) is 17.1 Å². The van der Waals surface area contributed by atoms with Crippen LogP contribution in [0.3, 0.4) is 0 Å². The van der Waals surface area contributed by atoms with Gasteiger partial charge in [0.05, 0.1) is 0 Å². The summed E-state index contributed by atoms with van der Waals surface area (Å²) in [5.74, 6) is -0.514. The highest BCUT2D eigenvalue weighted by Gasteiger charge is 2.20. The average molecular weight is 325 g/mol. The van der Waals surface area contributed by atoms with Crippen LogP contribution >= 0.6 is 0 Å². The van der Waals surface area contributed by atoms with Crippen LogP contribution < -0.4 is 5.32 Å². The lowest BCUT2D eigenvalue weighted by atomic mass is 10.0. The van der Waals surface area contributed by atoms with Crippen molar-refractivity contribution in [1.82, 2.24) is 4.90 Å². The molecular formula is C19H23N3O2. The molecule has 1 saturated heterocycles. The molecule has 24 heavy (non-hydrogen) atoms. The fraction of sp³-hybridized carbons (Fsp3) is 0.421. The summed E-state index contributed by atoms with van der Waals surface area (Å²) in [6.07, 6.45) is 6.03. The highest BCUT2D eigenvalue weighted by molar-refractivity contribution is 6.07. The number of ketones is 1. The zero-order valence-electron chi connectivity index (χ0n) is 14.2. The second kappa shape index (κ2) is 8.30. The van der Waals surface area contributed by atoms with Crippen LogP contribution in [0.1, 0.15) is 49.9 Å². The summed E-state index contributed by atoms with van der Waals surface area (Å²) in [7, 11) is 0. The van der Waals surface area contributed by atoms with E-state index in [9.17, 15) is 14.9 Å². The van der Waals surface area contributed by atoms with Gasteiger partial charge in [-0.2, -0.15) is 5.26 Å². The zero-order valence-corrected chi connectivity index (χ0v) is 14.2. The minimum absolute atomic E-state index is 0.0683. The first-order valence-corrected chi connectivity index (χ1v) is 8.35. The second-order valence-corrected chi connectivity index (χ2v) is 6.04. The Kier molecular flexibility index (Phi) is 6.14. The first kappa shape index (κ1) is 17.7. The minimum Gasteiger partial charge on any atom is -0.373 e. The van der Waals surface area contributed by atoms with Crippen molar-refractivity contribution in [3.63, 3.8) is 0 Å². The largest absolute Gasteiger partial charge is 0.373 e. The molecular weight excluding hydrogens is 302 g/mol. The number of piperidine rings is 1. The van der Waals surface area contributed by atoms with Gasteiger partial charge in [-0.1, -0.05) is 19.1 Å². The van der Waals surface area contributed by atoms with Crippen LogP contribution in [0.4, 0.5) is 5.69 Å². The maximum Gasteiger partial charge on any atom is 0.267 e. The number of amides is 1. The Morgan fingerprint density at radius 2 is 2.21 bits per heavy atom. The van der Waals surface area contributed by atoms with Gasteiger partial charge in [0, 0.05) is 30.0 Å². The maximum absolute atomic E-state index is 12.4. The number of nitrogens with one attached hydrogen (secondary N) is 1. The first-order chi connectivity index (χ1) is 11.5. The Morgan fingerprint density at radius 3 is 2.88 bits per heavy atom. The van der Waals surface area contributed by atoms with Crippen LogP contribution in [-0.2, 0) is 4.79 Å². The lowest BCUT2D eigenvalue weighted by Gasteiger charge is -2.34. The molecule has 1 N–H and O–H groups in total. The van der Waals surface area contributed by atoms with Crippen molar-refractivity contribution in [1.29, 1.82) is 5.26 Å². The summed E-state index contributed by atoms with van der Waals surface area (Å²) in [5.41, 5.74) is 1.13. The van der Waals surface area contributed by atoms with Gasteiger partial charge >= 0.3 is 0 Å². The SMILES string of the molecule is CCC1CCCCN1/C=C(/C#N)C(=O)Nc1cccc(C(C)=O)c1. The molecule has 2 rings (SSSR count). The van der Waals surface area contributed by atoms with Gasteiger partial charge in [0.25, 0.3) is 5.91 Å². The fourth-order valence-electron chi connectivity index (χ4n) is 2.95. The third kappa shape index (κ3) is 4.45. The molecule has 0 saturated carbocycles. The smallest absolute Gasteiger partial charge is 0.267 e. The summed E-state index contributed by atoms with van der Waals surface area (Å²) in [4.78, 5) is 25.9. The van der Waals surface area contributed by atoms with Gasteiger partial charge in [-0.25, -0.2) is 0 Å². The first-order valence-electron chi connectivity index (χ1n) is 8.35. The Labute approximate surface area is 143 Å². The van der Waals surface area contributed by atoms with Crippen LogP contribution in [0.2, 0.25) is 0 Å². The number of Topliss-reactive ketones (excluding diaryl/α,β-unsaturated/α-hetero) is 1. The van der Waals surface area contributed by atoms with Gasteiger partial charge in [0.15, 0.2) is 5.78 Å². The van der Waals surface area contributed by atoms with Gasteiger partial charge in [0.1, 0.15) is 11.6 Å². The molecule has 1 aliphatic rings. The fourth-order valence-corrected chi connectivity index (χ4v) is 2.95. The van der Waals surface area contributed by atoms with E-state index in [0.717, 1.165) is 25.8 Å². The predicted octanol–water partition coefficient (Wildman–Crippen LogP) is 3.50. The van der Waals surface area contributed by atoms with Crippen LogP contribution in [0.15, 0.2) is 36.0 Å². The van der Waals surface area contributed by atoms with E-state index in [4.69, 9.17) is 0 Å². The number of hydrogen-bond donors (Lipinski definition) is 1. The highest BCUT2D eigenvalue weighted by atomic mass is 16.1. The normalized spacial score (nSPS) is 18.0. The van der Waals surface area contributed by atoms with E-state index >= 15 is 0 Å². The standard InChI is InChI=1S/C19H23N3O2/c1-3-18-9-4-5-10-22(18)13-16(12-20)19(24)21-17-8-6-7-15(11-17)14(2)23/h6-8,11,13,18H,3-5,9-10H2,1-2H3,(H,21,24)/b16-13-. The van der Waals surface area contributed by atoms with Crippen molar-refractivity contribution in [3.05, 3.63) is 41.6 Å². The summed E-state index contributed by atoms with van der Waals surface area (Å²) in [6.45, 7) is 4.47. The van der Waals surface area contributed by atoms with Crippen LogP contribution in [0, 0.1) is 11.3 Å². The third-order valence-corrected chi connectivity index (χ3v) is 4.33. The Bertz CT molecular complexity index is 688. The molecule has 1 heterocycles. The Balaban J connectivity index is 2.14. The van der Waals surface area contributed by atoms with E-state index in [1.807, 2.05) is 6.07 Å². The number of carbonyl (C=O) groups is 2. The molecule has 5 nitrogen and oxygen atoms in total. The Morgan fingerprint density at radius 1 is 1.42 bits per heavy atom. The van der Waals surface area contributed by atoms with Gasteiger partial charge in [0.2, 0.25) is 0 Å². The number of nitriles is 1. The van der Waals surface area contributed by atoms with Gasteiger partial charge in [-0.05, 0) is 44.7 Å². The molecule has 1 amide bonds. The molecule has 1 aromatic carbocycles. The summed E-state index contributed by atoms with van der Waals surface area (Å²) in [5, 5.41) is 12.0. The Hall–Kier alpha value is -2.61. The number of carbonyl (C=O) groups excluding carboxylic acids is 2. The van der Waals surface area contributed by atoms with E-state index in [-0.39, 0.29) is 11.4 Å². The molecule has 1 aromatic rings. The number of rotatable bonds is 5. The molecule has 0 bridgehead atoms. The van der Waals surface area contributed by atoms with Crippen molar-refractivity contribution < 1.29 is 9.59 Å². The molecule has 0 aromatic heterocycles. The van der Waals surface area contributed by atoms with Crippen molar-refractivity contribution in [2.75, 3.05) is 11.9 Å². The highest BCUT2D eigenvalue weighted by Crippen LogP contribution is 2.21. The second-order valence-electron chi connectivity index (χ2n) is 6.04. The molecule has 126 valence electrons. The summed E-state index contributed by atoms with van der Waals surface area (Å²) < 4.78 is 0. The number of hydrogen-bond acceptors (Lipinski definition) is 4. The van der Waals surface area contributed by atoms with Crippen molar-refractivity contribution in [2.45, 2.75) is 45.6 Å². The lowest BCUT2D eigenvalue weighted by molar-refractivity contribution is -0.112. The van der Waals surface area contributed by atoms with E-state index in [1.165, 1.54) is 13.3 Å². The van der Waals surface area contributed by atoms with E-state index in [1.54, 1.807) is 30.5 Å². The van der Waals surface area contributed by atoms with E-state index < -0.39 is 5.91 Å². The van der Waals surface area contributed by atoms with Crippen LogP contribution in [-0.4, -0.2) is 29.2 Å². The molecule has 1 aliphatic heterocycles. The van der Waals surface area contributed by atoms with Gasteiger partial charge in [-0.3, -0.25) is 9.59 Å². The molecule has 0 spiro atoms. The summed E-state index contributed by atoms with van der Waals surface area (Å²) in [6, 6.07) is 9.10. The number of likely N-dealkylation sites (tertiary alicyclic amines) is 1. The van der Waals surface area contributed by atoms with Crippen LogP contribution in [0.25, 0.3) is 0 Å². The van der Waals surface area contributed by atoms with E-state index in [0.29, 0.717) is 17.3 Å². The molecule has 1 fully saturated rings. The third-order valence-electron chi connectivity index (χ3n) is 4.33. The molecule has 0 aliphatic carbocycles. The molecule has 1 atom stereocenters. The number of benzene rings is 1. The zero-order chi connectivity index (χ0) is 17.5. The van der Waals surface area contributed by atoms with Crippen molar-refractivity contribution >= 4 is 17.4 Å². The number of anilines is 1. The predicted molar refractivity (Wildman–Crippen MR) is 93.4 cm³/mol. The summed E-state index contributed by atoms with van der Waals surface area (Å²) >= 11 is 0. The number of nitrogens with zero attached hydrogens (tertiary/aromatic N) is 2. The average Bonchev–Trinajstić information content (AvgIpc) is 2.60. The quantitative estimate of drug-likeness (QED) is 0.511. The molecule has 1 unspecified atom stereocenters. The van der Waals surface area contributed by atoms with Crippen molar-refractivity contribution in [2.24, 2.45) is 0 Å². The molecule has 0 radical (unpaired) electrons. The topological polar surface area (TPSA) is 73.2 Å². The van der Waals surface area contributed by atoms with Crippen molar-refractivity contribution in [3.8, 4) is 6.07 Å². The van der Waals surface area contributed by atoms with Gasteiger partial charge < -0.3 is 10.2 Å². The minimum atomic E-state index is -0.446. The lowest BCUT2D eigenvalue weighted by Crippen LogP contribution is -2.35. The monoisotopic (exact) mass is 325 g/mol. The molecule has 5 heteroatoms. The maximum atomic E-state index is 12.4.